The first-order chi connectivity index (χ1) is 14.5. The Labute approximate surface area is 185 Å². The molecule has 3 aromatic heterocycles. The molecule has 0 unspecified atom stereocenters. The van der Waals surface area contributed by atoms with E-state index in [1.54, 1.807) is 6.07 Å². The Kier molecular flexibility index (Phi) is 5.19. The molecule has 0 bridgehead atoms. The zero-order valence-electron chi connectivity index (χ0n) is 17.3. The molecule has 0 spiro atoms. The number of hydrogen-bond donors (Lipinski definition) is 0. The van der Waals surface area contributed by atoms with Gasteiger partial charge < -0.3 is 9.80 Å². The number of anilines is 1. The topological polar surface area (TPSA) is 53.7 Å². The van der Waals surface area contributed by atoms with Crippen LogP contribution >= 0.6 is 22.9 Å². The highest BCUT2D eigenvalue weighted by Crippen LogP contribution is 2.35. The molecule has 0 aromatic carbocycles. The molecule has 2 saturated heterocycles. The number of piperidine rings is 1. The Morgan fingerprint density at radius 3 is 2.87 bits per heavy atom. The predicted octanol–water partition coefficient (Wildman–Crippen LogP) is 4.97. The van der Waals surface area contributed by atoms with Crippen molar-refractivity contribution >= 4 is 40.3 Å². The number of rotatable bonds is 3. The summed E-state index contributed by atoms with van der Waals surface area (Å²) in [5.74, 6) is 1.77. The van der Waals surface area contributed by atoms with Crippen molar-refractivity contribution in [2.45, 2.75) is 45.6 Å². The fourth-order valence-corrected chi connectivity index (χ4v) is 5.78. The second-order valence-electron chi connectivity index (χ2n) is 8.57. The lowest BCUT2D eigenvalue weighted by Crippen LogP contribution is -2.38. The number of likely N-dealkylation sites (tertiary alicyclic amines) is 1. The van der Waals surface area contributed by atoms with E-state index in [0.29, 0.717) is 15.8 Å². The first kappa shape index (κ1) is 19.8. The largest absolute Gasteiger partial charge is 0.356 e. The molecule has 5 heterocycles. The third kappa shape index (κ3) is 3.48. The zero-order valence-corrected chi connectivity index (χ0v) is 18.9. The van der Waals surface area contributed by atoms with Gasteiger partial charge >= 0.3 is 0 Å². The summed E-state index contributed by atoms with van der Waals surface area (Å²) >= 11 is 7.65. The van der Waals surface area contributed by atoms with Gasteiger partial charge in [0.2, 0.25) is 0 Å². The van der Waals surface area contributed by atoms with Crippen LogP contribution in [0.1, 0.15) is 59.6 Å². The van der Waals surface area contributed by atoms with Crippen LogP contribution in [-0.2, 0) is 0 Å². The maximum atomic E-state index is 13.2. The Hall–Kier alpha value is -2.12. The van der Waals surface area contributed by atoms with E-state index in [2.05, 4.69) is 31.0 Å². The van der Waals surface area contributed by atoms with Crippen molar-refractivity contribution in [1.82, 2.24) is 19.5 Å². The van der Waals surface area contributed by atoms with E-state index in [9.17, 15) is 4.79 Å². The van der Waals surface area contributed by atoms with Crippen molar-refractivity contribution in [2.24, 2.45) is 5.92 Å². The van der Waals surface area contributed by atoms with E-state index in [0.717, 1.165) is 61.6 Å². The van der Waals surface area contributed by atoms with Gasteiger partial charge in [-0.1, -0.05) is 18.5 Å². The minimum atomic E-state index is -0.0401. The molecule has 1 amide bonds. The lowest BCUT2D eigenvalue weighted by atomic mass is 9.99. The van der Waals surface area contributed by atoms with Crippen molar-refractivity contribution in [3.8, 4) is 0 Å². The SMILES string of the molecule is Cc1cn2nc([C@@H]3CCCCN3C(=O)c3sccc3Cl)cc2nc1N1CC[C@H](C)C1. The second-order valence-corrected chi connectivity index (χ2v) is 9.89. The minimum Gasteiger partial charge on any atom is -0.356 e. The van der Waals surface area contributed by atoms with Crippen LogP contribution in [0.3, 0.4) is 0 Å². The number of halogens is 1. The summed E-state index contributed by atoms with van der Waals surface area (Å²) in [4.78, 5) is 23.1. The molecular weight excluding hydrogens is 418 g/mol. The van der Waals surface area contributed by atoms with Gasteiger partial charge in [-0.3, -0.25) is 4.79 Å². The number of thiophene rings is 1. The standard InChI is InChI=1S/C22H26ClN5OS/c1-14-6-9-26(12-14)21-15(2)13-28-19(24-21)11-17(25-28)18-5-3-4-8-27(18)22(29)20-16(23)7-10-30-20/h7,10-11,13-14,18H,3-6,8-9,12H2,1-2H3/t14-,18-/m0/s1. The highest BCUT2D eigenvalue weighted by atomic mass is 35.5. The molecule has 0 radical (unpaired) electrons. The lowest BCUT2D eigenvalue weighted by molar-refractivity contribution is 0.0611. The number of nitrogens with zero attached hydrogens (tertiary/aromatic N) is 5. The molecule has 2 aliphatic heterocycles. The zero-order chi connectivity index (χ0) is 20.8. The number of fused-ring (bicyclic) bond motifs is 1. The number of carbonyl (C=O) groups is 1. The third-order valence-electron chi connectivity index (χ3n) is 6.26. The molecule has 2 atom stereocenters. The quantitative estimate of drug-likeness (QED) is 0.573. The van der Waals surface area contributed by atoms with Gasteiger partial charge in [0.05, 0.1) is 16.8 Å². The first-order valence-electron chi connectivity index (χ1n) is 10.7. The number of carbonyl (C=O) groups excluding carboxylic acids is 1. The maximum absolute atomic E-state index is 13.2. The summed E-state index contributed by atoms with van der Waals surface area (Å²) in [6.07, 6.45) is 6.28. The molecule has 8 heteroatoms. The molecule has 158 valence electrons. The Bertz CT molecular complexity index is 1090. The van der Waals surface area contributed by atoms with Gasteiger partial charge in [-0.25, -0.2) is 9.50 Å². The minimum absolute atomic E-state index is 0.00707. The molecule has 2 fully saturated rings. The predicted molar refractivity (Wildman–Crippen MR) is 121 cm³/mol. The van der Waals surface area contributed by atoms with E-state index < -0.39 is 0 Å². The van der Waals surface area contributed by atoms with Crippen LogP contribution in [0.25, 0.3) is 5.65 Å². The van der Waals surface area contributed by atoms with Crippen molar-refractivity contribution < 1.29 is 4.79 Å². The Morgan fingerprint density at radius 1 is 1.27 bits per heavy atom. The van der Waals surface area contributed by atoms with Crippen LogP contribution in [0.4, 0.5) is 5.82 Å². The Balaban J connectivity index is 1.48. The van der Waals surface area contributed by atoms with Gasteiger partial charge in [-0.2, -0.15) is 5.10 Å². The molecule has 6 nitrogen and oxygen atoms in total. The van der Waals surface area contributed by atoms with E-state index >= 15 is 0 Å². The van der Waals surface area contributed by atoms with Crippen LogP contribution in [0.15, 0.2) is 23.7 Å². The maximum Gasteiger partial charge on any atom is 0.266 e. The van der Waals surface area contributed by atoms with Gasteiger partial charge in [0.15, 0.2) is 5.65 Å². The molecule has 0 saturated carbocycles. The second kappa shape index (κ2) is 7.85. The molecule has 0 N–H and O–H groups in total. The fourth-order valence-electron chi connectivity index (χ4n) is 4.69. The summed E-state index contributed by atoms with van der Waals surface area (Å²) in [5.41, 5.74) is 2.89. The normalized spacial score (nSPS) is 22.2. The van der Waals surface area contributed by atoms with E-state index in [4.69, 9.17) is 21.7 Å². The summed E-state index contributed by atoms with van der Waals surface area (Å²) < 4.78 is 1.86. The molecule has 3 aromatic rings. The van der Waals surface area contributed by atoms with Crippen molar-refractivity contribution in [2.75, 3.05) is 24.5 Å². The summed E-state index contributed by atoms with van der Waals surface area (Å²) in [7, 11) is 0. The molecule has 0 aliphatic carbocycles. The number of aromatic nitrogens is 3. The van der Waals surface area contributed by atoms with Gasteiger partial charge in [0.25, 0.3) is 5.91 Å². The number of amides is 1. The average Bonchev–Trinajstić information content (AvgIpc) is 3.46. The van der Waals surface area contributed by atoms with E-state index in [1.807, 2.05) is 14.8 Å². The van der Waals surface area contributed by atoms with Gasteiger partial charge in [-0.05, 0) is 50.0 Å². The van der Waals surface area contributed by atoms with Crippen LogP contribution in [-0.4, -0.2) is 45.0 Å². The highest BCUT2D eigenvalue weighted by molar-refractivity contribution is 7.12. The lowest BCUT2D eigenvalue weighted by Gasteiger charge is -2.34. The summed E-state index contributed by atoms with van der Waals surface area (Å²) in [6.45, 7) is 7.23. The van der Waals surface area contributed by atoms with Gasteiger partial charge in [0.1, 0.15) is 10.7 Å². The molecule has 30 heavy (non-hydrogen) atoms. The van der Waals surface area contributed by atoms with Crippen molar-refractivity contribution in [3.05, 3.63) is 44.9 Å². The molecule has 5 rings (SSSR count). The number of aryl methyl sites for hydroxylation is 1. The summed E-state index contributed by atoms with van der Waals surface area (Å²) in [6, 6.07) is 3.80. The Morgan fingerprint density at radius 2 is 2.13 bits per heavy atom. The highest BCUT2D eigenvalue weighted by Gasteiger charge is 2.32. The van der Waals surface area contributed by atoms with Crippen LogP contribution in [0.2, 0.25) is 5.02 Å². The van der Waals surface area contributed by atoms with Crippen LogP contribution in [0.5, 0.6) is 0 Å². The third-order valence-corrected chi connectivity index (χ3v) is 7.59. The fraction of sp³-hybridized carbons (Fsp3) is 0.500. The van der Waals surface area contributed by atoms with Gasteiger partial charge in [0, 0.05) is 37.5 Å². The average molecular weight is 444 g/mol. The monoisotopic (exact) mass is 443 g/mol. The molecular formula is C22H26ClN5OS. The van der Waals surface area contributed by atoms with Crippen molar-refractivity contribution in [3.63, 3.8) is 0 Å². The molecule has 2 aliphatic rings. The van der Waals surface area contributed by atoms with Crippen molar-refractivity contribution in [1.29, 1.82) is 0 Å². The smallest absolute Gasteiger partial charge is 0.266 e. The van der Waals surface area contributed by atoms with E-state index in [-0.39, 0.29) is 11.9 Å². The van der Waals surface area contributed by atoms with Crippen LogP contribution in [0, 0.1) is 12.8 Å². The first-order valence-corrected chi connectivity index (χ1v) is 11.9. The van der Waals surface area contributed by atoms with Gasteiger partial charge in [-0.15, -0.1) is 11.3 Å². The number of hydrogen-bond acceptors (Lipinski definition) is 5. The summed E-state index contributed by atoms with van der Waals surface area (Å²) in [5, 5.41) is 7.23. The van der Waals surface area contributed by atoms with Crippen LogP contribution < -0.4 is 4.90 Å². The van der Waals surface area contributed by atoms with E-state index in [1.165, 1.54) is 17.8 Å².